The smallest absolute Gasteiger partial charge is 0.00943 e. The molecule has 0 saturated heterocycles. The Bertz CT molecular complexity index is 136. The zero-order valence-electron chi connectivity index (χ0n) is 8.49. The van der Waals surface area contributed by atoms with Gasteiger partial charge in [-0.15, -0.1) is 0 Å². The molecule has 0 rings (SSSR count). The lowest BCUT2D eigenvalue weighted by Gasteiger charge is -2.32. The predicted octanol–water partition coefficient (Wildman–Crippen LogP) is 3.49. The van der Waals surface area contributed by atoms with Crippen LogP contribution in [0.1, 0.15) is 47.5 Å². The molecule has 1 atom stereocenters. The molecule has 1 heteroatoms. The van der Waals surface area contributed by atoms with Crippen molar-refractivity contribution in [2.45, 2.75) is 47.5 Å². The van der Waals surface area contributed by atoms with Crippen LogP contribution in [0.25, 0.3) is 0 Å². The van der Waals surface area contributed by atoms with Gasteiger partial charge in [-0.3, -0.25) is 0 Å². The van der Waals surface area contributed by atoms with Crippen LogP contribution in [0.3, 0.4) is 0 Å². The summed E-state index contributed by atoms with van der Waals surface area (Å²) >= 11 is 0. The van der Waals surface area contributed by atoms with Crippen molar-refractivity contribution in [3.05, 3.63) is 0 Å². The third-order valence-corrected chi connectivity index (χ3v) is 2.79. The number of hydrogen-bond donors (Lipinski definition) is 1. The van der Waals surface area contributed by atoms with Crippen LogP contribution in [0, 0.1) is 16.7 Å². The average Bonchev–Trinajstić information content (AvgIpc) is 1.88. The van der Waals surface area contributed by atoms with Crippen molar-refractivity contribution in [2.75, 3.05) is 0 Å². The van der Waals surface area contributed by atoms with E-state index in [0.29, 0.717) is 11.3 Å². The van der Waals surface area contributed by atoms with Crippen LogP contribution in [0.15, 0.2) is 0 Å². The van der Waals surface area contributed by atoms with Crippen LogP contribution in [-0.2, 0) is 0 Å². The fourth-order valence-electron chi connectivity index (χ4n) is 1.69. The molecule has 0 aromatic rings. The zero-order valence-corrected chi connectivity index (χ0v) is 8.49. The first kappa shape index (κ1) is 10.7. The average molecular weight is 155 g/mol. The molecule has 11 heavy (non-hydrogen) atoms. The Labute approximate surface area is 70.7 Å². The first-order chi connectivity index (χ1) is 4.95. The Morgan fingerprint density at radius 2 is 1.82 bits per heavy atom. The van der Waals surface area contributed by atoms with E-state index in [-0.39, 0.29) is 0 Å². The van der Waals surface area contributed by atoms with Gasteiger partial charge in [0, 0.05) is 11.6 Å². The molecule has 0 amide bonds. The molecule has 0 heterocycles. The number of nitrogens with one attached hydrogen (secondary N) is 1. The third-order valence-electron chi connectivity index (χ3n) is 2.79. The molecular formula is C10H21N. The second kappa shape index (κ2) is 3.89. The maximum absolute atomic E-state index is 7.61. The van der Waals surface area contributed by atoms with E-state index in [4.69, 9.17) is 5.41 Å². The van der Waals surface area contributed by atoms with Gasteiger partial charge in [-0.25, -0.2) is 0 Å². The fraction of sp³-hybridized carbons (Fsp3) is 0.900. The van der Waals surface area contributed by atoms with Crippen LogP contribution in [0.2, 0.25) is 0 Å². The Hall–Kier alpha value is -0.330. The monoisotopic (exact) mass is 155 g/mol. The van der Waals surface area contributed by atoms with Crippen LogP contribution in [0.5, 0.6) is 0 Å². The van der Waals surface area contributed by atoms with Crippen molar-refractivity contribution < 1.29 is 0 Å². The summed E-state index contributed by atoms with van der Waals surface area (Å²) in [6.45, 7) is 10.8. The summed E-state index contributed by atoms with van der Waals surface area (Å²) in [5, 5.41) is 7.61. The summed E-state index contributed by atoms with van der Waals surface area (Å²) in [5.74, 6) is 0.465. The Morgan fingerprint density at radius 1 is 1.36 bits per heavy atom. The van der Waals surface area contributed by atoms with Crippen LogP contribution < -0.4 is 0 Å². The van der Waals surface area contributed by atoms with Crippen molar-refractivity contribution >= 4 is 5.71 Å². The van der Waals surface area contributed by atoms with Gasteiger partial charge in [-0.05, 0) is 18.8 Å². The fourth-order valence-corrected chi connectivity index (χ4v) is 1.69. The van der Waals surface area contributed by atoms with Crippen LogP contribution in [-0.4, -0.2) is 5.71 Å². The lowest BCUT2D eigenvalue weighted by Crippen LogP contribution is -2.28. The van der Waals surface area contributed by atoms with Crippen molar-refractivity contribution in [1.29, 1.82) is 5.41 Å². The minimum atomic E-state index is 0.306. The number of hydrogen-bond acceptors (Lipinski definition) is 1. The molecule has 0 aliphatic heterocycles. The summed E-state index contributed by atoms with van der Waals surface area (Å²) in [7, 11) is 0. The van der Waals surface area contributed by atoms with Gasteiger partial charge in [0.1, 0.15) is 0 Å². The maximum Gasteiger partial charge on any atom is 0.00943 e. The van der Waals surface area contributed by atoms with E-state index >= 15 is 0 Å². The van der Waals surface area contributed by atoms with E-state index in [9.17, 15) is 0 Å². The molecule has 1 nitrogen and oxygen atoms in total. The van der Waals surface area contributed by atoms with Gasteiger partial charge in [0.2, 0.25) is 0 Å². The SMILES string of the molecule is CC[C@H](C(C)=N)C(C)(C)CC. The Kier molecular flexibility index (Phi) is 3.77. The molecule has 0 unspecified atom stereocenters. The van der Waals surface area contributed by atoms with Crippen LogP contribution >= 0.6 is 0 Å². The molecule has 0 radical (unpaired) electrons. The lowest BCUT2D eigenvalue weighted by atomic mass is 9.73. The van der Waals surface area contributed by atoms with Gasteiger partial charge in [0.05, 0.1) is 0 Å². The molecule has 0 aromatic heterocycles. The highest BCUT2D eigenvalue weighted by Gasteiger charge is 2.27. The predicted molar refractivity (Wildman–Crippen MR) is 51.3 cm³/mol. The van der Waals surface area contributed by atoms with Gasteiger partial charge in [-0.1, -0.05) is 34.1 Å². The zero-order chi connectivity index (χ0) is 9.07. The first-order valence-corrected chi connectivity index (χ1v) is 4.50. The summed E-state index contributed by atoms with van der Waals surface area (Å²) in [4.78, 5) is 0. The van der Waals surface area contributed by atoms with Gasteiger partial charge in [-0.2, -0.15) is 0 Å². The van der Waals surface area contributed by atoms with Crippen LogP contribution in [0.4, 0.5) is 0 Å². The number of rotatable bonds is 4. The minimum Gasteiger partial charge on any atom is -0.310 e. The standard InChI is InChI=1S/C10H21N/c1-6-9(8(3)11)10(4,5)7-2/h9,11H,6-7H2,1-5H3/t9-/m1/s1. The van der Waals surface area contributed by atoms with Crippen molar-refractivity contribution in [1.82, 2.24) is 0 Å². The van der Waals surface area contributed by atoms with E-state index in [1.807, 2.05) is 6.92 Å². The maximum atomic E-state index is 7.61. The first-order valence-electron chi connectivity index (χ1n) is 4.50. The van der Waals surface area contributed by atoms with E-state index in [1.165, 1.54) is 0 Å². The summed E-state index contributed by atoms with van der Waals surface area (Å²) < 4.78 is 0. The highest BCUT2D eigenvalue weighted by molar-refractivity contribution is 5.81. The third kappa shape index (κ3) is 2.64. The Morgan fingerprint density at radius 3 is 1.91 bits per heavy atom. The van der Waals surface area contributed by atoms with Crippen molar-refractivity contribution in [2.24, 2.45) is 11.3 Å². The molecule has 0 saturated carbocycles. The largest absolute Gasteiger partial charge is 0.310 e. The molecule has 0 aliphatic carbocycles. The second-order valence-corrected chi connectivity index (χ2v) is 3.99. The molecule has 1 N–H and O–H groups in total. The second-order valence-electron chi connectivity index (χ2n) is 3.99. The molecule has 0 spiro atoms. The summed E-state index contributed by atoms with van der Waals surface area (Å²) in [6, 6.07) is 0. The summed E-state index contributed by atoms with van der Waals surface area (Å²) in [6.07, 6.45) is 2.25. The molecule has 0 aliphatic rings. The highest BCUT2D eigenvalue weighted by Crippen LogP contribution is 2.33. The quantitative estimate of drug-likeness (QED) is 0.601. The van der Waals surface area contributed by atoms with E-state index in [0.717, 1.165) is 18.6 Å². The molecule has 0 bridgehead atoms. The van der Waals surface area contributed by atoms with Gasteiger partial charge < -0.3 is 5.41 Å². The normalized spacial score (nSPS) is 14.6. The topological polar surface area (TPSA) is 23.9 Å². The van der Waals surface area contributed by atoms with Crippen molar-refractivity contribution in [3.63, 3.8) is 0 Å². The summed E-state index contributed by atoms with van der Waals surface area (Å²) in [5.41, 5.74) is 1.14. The van der Waals surface area contributed by atoms with E-state index in [1.54, 1.807) is 0 Å². The van der Waals surface area contributed by atoms with Gasteiger partial charge >= 0.3 is 0 Å². The van der Waals surface area contributed by atoms with Gasteiger partial charge in [0.15, 0.2) is 0 Å². The van der Waals surface area contributed by atoms with Crippen molar-refractivity contribution in [3.8, 4) is 0 Å². The van der Waals surface area contributed by atoms with E-state index < -0.39 is 0 Å². The molecule has 0 fully saturated rings. The highest BCUT2D eigenvalue weighted by atomic mass is 14.5. The molecule has 66 valence electrons. The Balaban J connectivity index is 4.36. The molecule has 0 aromatic carbocycles. The lowest BCUT2D eigenvalue weighted by molar-refractivity contribution is 0.258. The van der Waals surface area contributed by atoms with E-state index in [2.05, 4.69) is 27.7 Å². The van der Waals surface area contributed by atoms with Gasteiger partial charge in [0.25, 0.3) is 0 Å². The minimum absolute atomic E-state index is 0.306. The molecular weight excluding hydrogens is 134 g/mol.